The lowest BCUT2D eigenvalue weighted by Crippen LogP contribution is -2.39. The summed E-state index contributed by atoms with van der Waals surface area (Å²) in [5.41, 5.74) is 0.807. The lowest BCUT2D eigenvalue weighted by atomic mass is 9.82. The topological polar surface area (TPSA) is 88.5 Å². The van der Waals surface area contributed by atoms with Gasteiger partial charge in [-0.2, -0.15) is 0 Å². The maximum Gasteiger partial charge on any atom is 0.310 e. The molecule has 0 spiro atoms. The molecule has 0 saturated carbocycles. The van der Waals surface area contributed by atoms with E-state index in [4.69, 9.17) is 4.74 Å². The number of rotatable bonds is 3. The van der Waals surface area contributed by atoms with Crippen molar-refractivity contribution in [1.29, 1.82) is 0 Å². The molecule has 4 rings (SSSR count). The molecule has 2 N–H and O–H groups in total. The Balaban J connectivity index is 1.59. The van der Waals surface area contributed by atoms with Crippen LogP contribution >= 0.6 is 11.3 Å². The van der Waals surface area contributed by atoms with E-state index >= 15 is 0 Å². The van der Waals surface area contributed by atoms with E-state index < -0.39 is 30.0 Å². The van der Waals surface area contributed by atoms with Gasteiger partial charge in [0.05, 0.1) is 28.3 Å². The molecule has 4 atom stereocenters. The molecular weight excluding hydrogens is 304 g/mol. The number of amides is 1. The van der Waals surface area contributed by atoms with Crippen LogP contribution in [-0.2, 0) is 14.3 Å². The predicted molar refractivity (Wildman–Crippen MR) is 80.7 cm³/mol. The molecule has 7 heteroatoms. The van der Waals surface area contributed by atoms with E-state index in [2.05, 4.69) is 10.3 Å². The van der Waals surface area contributed by atoms with Crippen LogP contribution in [0, 0.1) is 11.8 Å². The number of aliphatic carboxylic acids is 1. The summed E-state index contributed by atoms with van der Waals surface area (Å²) in [6.07, 6.45) is 2.48. The fourth-order valence-corrected chi connectivity index (χ4v) is 3.90. The average Bonchev–Trinajstić information content (AvgIpc) is 3.19. The summed E-state index contributed by atoms with van der Waals surface area (Å²) in [7, 11) is 0. The number of ether oxygens (including phenoxy) is 1. The Morgan fingerprint density at radius 2 is 1.91 bits per heavy atom. The molecule has 1 saturated heterocycles. The number of carboxylic acid groups (broad SMARTS) is 1. The summed E-state index contributed by atoms with van der Waals surface area (Å²) in [6, 6.07) is 7.57. The third kappa shape index (κ3) is 2.01. The van der Waals surface area contributed by atoms with Crippen LogP contribution in [0.5, 0.6) is 0 Å². The molecule has 22 heavy (non-hydrogen) atoms. The van der Waals surface area contributed by atoms with Gasteiger partial charge in [-0.15, -0.1) is 0 Å². The number of thiazole rings is 1. The van der Waals surface area contributed by atoms with E-state index in [0.29, 0.717) is 5.13 Å². The standard InChI is InChI=1S/C15H12N2O4S/c18-13(11-8-5-6-9(21-8)12(11)14(19)20)17-15-16-7-3-1-2-4-10(7)22-15/h1-6,8-9,11-12H,(H,19,20)(H,16,17,18)/t8-,9-,11-,12-/m1/s1. The smallest absolute Gasteiger partial charge is 0.310 e. The van der Waals surface area contributed by atoms with E-state index in [1.54, 1.807) is 12.2 Å². The van der Waals surface area contributed by atoms with Crippen molar-refractivity contribution < 1.29 is 19.4 Å². The Labute approximate surface area is 129 Å². The Bertz CT molecular complexity index is 767. The quantitative estimate of drug-likeness (QED) is 0.844. The number of carbonyl (C=O) groups excluding carboxylic acids is 1. The number of aromatic nitrogens is 1. The fraction of sp³-hybridized carbons (Fsp3) is 0.267. The number of carboxylic acids is 1. The second kappa shape index (κ2) is 4.89. The van der Waals surface area contributed by atoms with E-state index in [1.807, 2.05) is 24.3 Å². The minimum Gasteiger partial charge on any atom is -0.481 e. The first-order valence-electron chi connectivity index (χ1n) is 6.86. The summed E-state index contributed by atoms with van der Waals surface area (Å²) in [5.74, 6) is -2.94. The second-order valence-electron chi connectivity index (χ2n) is 5.32. The van der Waals surface area contributed by atoms with Gasteiger partial charge in [-0.05, 0) is 12.1 Å². The number of fused-ring (bicyclic) bond motifs is 3. The Hall–Kier alpha value is -2.25. The molecule has 1 aromatic heterocycles. The average molecular weight is 316 g/mol. The van der Waals surface area contributed by atoms with Gasteiger partial charge < -0.3 is 15.2 Å². The maximum absolute atomic E-state index is 12.5. The van der Waals surface area contributed by atoms with E-state index in [9.17, 15) is 14.7 Å². The monoisotopic (exact) mass is 316 g/mol. The predicted octanol–water partition coefficient (Wildman–Crippen LogP) is 1.89. The van der Waals surface area contributed by atoms with Crippen LogP contribution in [0.15, 0.2) is 36.4 Å². The molecule has 2 aromatic rings. The third-order valence-electron chi connectivity index (χ3n) is 4.01. The molecule has 6 nitrogen and oxygen atoms in total. The highest BCUT2D eigenvalue weighted by Gasteiger charge is 2.53. The number of nitrogens with one attached hydrogen (secondary N) is 1. The van der Waals surface area contributed by atoms with Gasteiger partial charge in [0.2, 0.25) is 5.91 Å². The van der Waals surface area contributed by atoms with E-state index in [1.165, 1.54) is 11.3 Å². The Kier molecular flexibility index (Phi) is 2.98. The van der Waals surface area contributed by atoms with Gasteiger partial charge in [0.25, 0.3) is 0 Å². The van der Waals surface area contributed by atoms with Gasteiger partial charge in [-0.1, -0.05) is 35.6 Å². The summed E-state index contributed by atoms with van der Waals surface area (Å²) in [5, 5.41) is 12.5. The van der Waals surface area contributed by atoms with Crippen molar-refractivity contribution in [2.75, 3.05) is 5.32 Å². The SMILES string of the molecule is O=C(O)[C@H]1[C@H](C(=O)Nc2nc3ccccc3s2)[C@H]2C=C[C@H]1O2. The van der Waals surface area contributed by atoms with E-state index in [0.717, 1.165) is 10.2 Å². The summed E-state index contributed by atoms with van der Waals surface area (Å²) < 4.78 is 6.48. The number of para-hydroxylation sites is 1. The molecule has 1 fully saturated rings. The number of carbonyl (C=O) groups is 2. The van der Waals surface area contributed by atoms with Crippen molar-refractivity contribution in [3.63, 3.8) is 0 Å². The van der Waals surface area contributed by atoms with Gasteiger partial charge in [0, 0.05) is 0 Å². The summed E-state index contributed by atoms with van der Waals surface area (Å²) >= 11 is 1.36. The van der Waals surface area contributed by atoms with Crippen molar-refractivity contribution >= 4 is 38.6 Å². The van der Waals surface area contributed by atoms with E-state index in [-0.39, 0.29) is 5.91 Å². The third-order valence-corrected chi connectivity index (χ3v) is 4.96. The molecule has 1 aromatic carbocycles. The molecule has 2 aliphatic rings. The normalized spacial score (nSPS) is 29.1. The highest BCUT2D eigenvalue weighted by Crippen LogP contribution is 2.40. The van der Waals surface area contributed by atoms with Crippen molar-refractivity contribution in [2.24, 2.45) is 11.8 Å². The van der Waals surface area contributed by atoms with Crippen LogP contribution in [0.4, 0.5) is 5.13 Å². The highest BCUT2D eigenvalue weighted by atomic mass is 32.1. The summed E-state index contributed by atoms with van der Waals surface area (Å²) in [6.45, 7) is 0. The second-order valence-corrected chi connectivity index (χ2v) is 6.35. The number of anilines is 1. The molecule has 1 amide bonds. The van der Waals surface area contributed by atoms with Crippen molar-refractivity contribution in [2.45, 2.75) is 12.2 Å². The van der Waals surface area contributed by atoms with Crippen molar-refractivity contribution in [3.05, 3.63) is 36.4 Å². The largest absolute Gasteiger partial charge is 0.481 e. The van der Waals surface area contributed by atoms with Gasteiger partial charge >= 0.3 is 5.97 Å². The first-order chi connectivity index (χ1) is 10.6. The molecule has 2 aliphatic heterocycles. The molecule has 0 radical (unpaired) electrons. The first kappa shape index (κ1) is 13.4. The Morgan fingerprint density at radius 3 is 2.64 bits per heavy atom. The molecule has 0 unspecified atom stereocenters. The van der Waals surface area contributed by atoms with Gasteiger partial charge in [-0.3, -0.25) is 9.59 Å². The van der Waals surface area contributed by atoms with Gasteiger partial charge in [0.15, 0.2) is 5.13 Å². The molecular formula is C15H12N2O4S. The molecule has 112 valence electrons. The van der Waals surface area contributed by atoms with Crippen molar-refractivity contribution in [1.82, 2.24) is 4.98 Å². The number of benzene rings is 1. The van der Waals surface area contributed by atoms with Crippen molar-refractivity contribution in [3.8, 4) is 0 Å². The van der Waals surface area contributed by atoms with Crippen LogP contribution in [0.3, 0.4) is 0 Å². The zero-order valence-electron chi connectivity index (χ0n) is 11.3. The minimum absolute atomic E-state index is 0.358. The lowest BCUT2D eigenvalue weighted by molar-refractivity contribution is -0.145. The van der Waals surface area contributed by atoms with Crippen LogP contribution < -0.4 is 5.32 Å². The highest BCUT2D eigenvalue weighted by molar-refractivity contribution is 7.22. The van der Waals surface area contributed by atoms with Gasteiger partial charge in [-0.25, -0.2) is 4.98 Å². The fourth-order valence-electron chi connectivity index (χ4n) is 3.03. The number of hydrogen-bond acceptors (Lipinski definition) is 5. The number of nitrogens with zero attached hydrogens (tertiary/aromatic N) is 1. The Morgan fingerprint density at radius 1 is 1.18 bits per heavy atom. The molecule has 2 bridgehead atoms. The van der Waals surface area contributed by atoms with Crippen LogP contribution in [0.25, 0.3) is 10.2 Å². The zero-order valence-corrected chi connectivity index (χ0v) is 12.1. The van der Waals surface area contributed by atoms with Crippen LogP contribution in [0.1, 0.15) is 0 Å². The van der Waals surface area contributed by atoms with Gasteiger partial charge in [0.1, 0.15) is 5.92 Å². The first-order valence-corrected chi connectivity index (χ1v) is 7.68. The van der Waals surface area contributed by atoms with Crippen LogP contribution in [0.2, 0.25) is 0 Å². The molecule has 3 heterocycles. The zero-order chi connectivity index (χ0) is 15.3. The number of hydrogen-bond donors (Lipinski definition) is 2. The maximum atomic E-state index is 12.5. The lowest BCUT2D eigenvalue weighted by Gasteiger charge is -2.20. The summed E-state index contributed by atoms with van der Waals surface area (Å²) in [4.78, 5) is 28.2. The minimum atomic E-state index is -1.01. The van der Waals surface area contributed by atoms with Crippen LogP contribution in [-0.4, -0.2) is 34.2 Å². The molecule has 0 aliphatic carbocycles.